The molecule has 4 aliphatic rings. The van der Waals surface area contributed by atoms with Crippen LogP contribution in [0, 0.1) is 0 Å². The molecule has 4 fully saturated rings. The van der Waals surface area contributed by atoms with Crippen molar-refractivity contribution in [1.82, 2.24) is 16.0 Å². The van der Waals surface area contributed by atoms with Gasteiger partial charge >= 0.3 is 0 Å². The molecule has 18 N–H and O–H groups in total. The fourth-order valence-corrected chi connectivity index (χ4v) is 7.74. The van der Waals surface area contributed by atoms with Gasteiger partial charge in [-0.2, -0.15) is 0 Å². The Bertz CT molecular complexity index is 1510. The van der Waals surface area contributed by atoms with E-state index >= 15 is 0 Å². The third kappa shape index (κ3) is 13.2. The summed E-state index contributed by atoms with van der Waals surface area (Å²) in [4.78, 5) is 36.3. The molecule has 65 heavy (non-hydrogen) atoms. The summed E-state index contributed by atoms with van der Waals surface area (Å²) in [5.74, 6) is -2.29. The molecule has 4 saturated heterocycles. The molecule has 0 spiro atoms. The lowest BCUT2D eigenvalue weighted by molar-refractivity contribution is -0.369. The minimum atomic E-state index is -2.19. The van der Waals surface area contributed by atoms with Gasteiger partial charge in [0.25, 0.3) is 0 Å². The van der Waals surface area contributed by atoms with Crippen LogP contribution in [0.2, 0.25) is 0 Å². The third-order valence-corrected chi connectivity index (χ3v) is 11.2. The minimum Gasteiger partial charge on any atom is -0.394 e. The van der Waals surface area contributed by atoms with Gasteiger partial charge in [-0.05, 0) is 0 Å². The van der Waals surface area contributed by atoms with E-state index in [1.54, 1.807) is 0 Å². The Hall–Kier alpha value is -2.51. The molecule has 0 aromatic heterocycles. The lowest BCUT2D eigenvalue weighted by Gasteiger charge is -2.49. The highest BCUT2D eigenvalue weighted by atomic mass is 16.8. The van der Waals surface area contributed by atoms with E-state index in [9.17, 15) is 91.0 Å². The SMILES string of the molecule is CC(=O)N[C@H]1[C@H](OC[C@@H](O)[C@H](O)[C@H](O[C@@H]2O[C@H](CO)[C@H](O)[C@H](O)[C@H]2O)[C@H](CO)NC(C)=O)O[C@H](CO)[C@@H](O[C@@H]2O[C@H](CO)[C@H](O)[C@H](O[C@@H]3O[C@H](CO)[C@@H](O)[C@H](O)[C@H]3NC(C)=O)[C@H]2O)[C@@H]1O. The summed E-state index contributed by atoms with van der Waals surface area (Å²) >= 11 is 0. The maximum absolute atomic E-state index is 12.4. The molecule has 4 heterocycles. The van der Waals surface area contributed by atoms with Gasteiger partial charge in [0, 0.05) is 20.8 Å². The van der Waals surface area contributed by atoms with Crippen LogP contribution in [0.4, 0.5) is 0 Å². The van der Waals surface area contributed by atoms with Crippen molar-refractivity contribution in [3.63, 3.8) is 0 Å². The number of ether oxygens (including phenoxy) is 8. The topological polar surface area (TPSA) is 465 Å². The predicted octanol–water partition coefficient (Wildman–Crippen LogP) is -11.9. The summed E-state index contributed by atoms with van der Waals surface area (Å²) in [7, 11) is 0. The van der Waals surface area contributed by atoms with Crippen molar-refractivity contribution < 1.29 is 129 Å². The van der Waals surface area contributed by atoms with Crippen LogP contribution in [0.5, 0.6) is 0 Å². The zero-order valence-corrected chi connectivity index (χ0v) is 35.3. The normalized spacial score (nSPS) is 42.0. The molecule has 378 valence electrons. The first kappa shape index (κ1) is 55.1. The smallest absolute Gasteiger partial charge is 0.217 e. The summed E-state index contributed by atoms with van der Waals surface area (Å²) < 4.78 is 45.1. The summed E-state index contributed by atoms with van der Waals surface area (Å²) in [6, 6.07) is -4.77. The Morgan fingerprint density at radius 1 is 0.523 bits per heavy atom. The minimum absolute atomic E-state index is 0.728. The fraction of sp³-hybridized carbons (Fsp3) is 0.917. The number of amides is 3. The molecule has 0 unspecified atom stereocenters. The highest BCUT2D eigenvalue weighted by Crippen LogP contribution is 2.33. The first-order chi connectivity index (χ1) is 30.6. The monoisotopic (exact) mass is 953 g/mol. The number of aliphatic hydroxyl groups is 15. The van der Waals surface area contributed by atoms with E-state index in [-0.39, 0.29) is 0 Å². The van der Waals surface area contributed by atoms with Gasteiger partial charge in [-0.15, -0.1) is 0 Å². The third-order valence-electron chi connectivity index (χ3n) is 11.2. The number of carbonyl (C=O) groups is 3. The summed E-state index contributed by atoms with van der Waals surface area (Å²) in [5.41, 5.74) is 0. The van der Waals surface area contributed by atoms with Gasteiger partial charge in [0.2, 0.25) is 17.7 Å². The van der Waals surface area contributed by atoms with Gasteiger partial charge in [0.1, 0.15) is 116 Å². The van der Waals surface area contributed by atoms with E-state index in [2.05, 4.69) is 16.0 Å². The van der Waals surface area contributed by atoms with Crippen LogP contribution < -0.4 is 16.0 Å². The average molecular weight is 954 g/mol. The Kier molecular flexibility index (Phi) is 20.9. The fourth-order valence-electron chi connectivity index (χ4n) is 7.74. The Labute approximate surface area is 369 Å². The van der Waals surface area contributed by atoms with Crippen molar-refractivity contribution in [2.75, 3.05) is 39.6 Å². The second kappa shape index (κ2) is 24.7. The lowest BCUT2D eigenvalue weighted by Crippen LogP contribution is -2.69. The zero-order chi connectivity index (χ0) is 48.6. The van der Waals surface area contributed by atoms with Crippen LogP contribution >= 0.6 is 0 Å². The molecule has 4 rings (SSSR count). The van der Waals surface area contributed by atoms with Crippen molar-refractivity contribution in [3.05, 3.63) is 0 Å². The summed E-state index contributed by atoms with van der Waals surface area (Å²) in [6.45, 7) is -2.46. The van der Waals surface area contributed by atoms with Crippen molar-refractivity contribution in [2.45, 2.75) is 168 Å². The predicted molar refractivity (Wildman–Crippen MR) is 204 cm³/mol. The molecule has 0 aromatic rings. The molecule has 3 amide bonds. The van der Waals surface area contributed by atoms with Crippen molar-refractivity contribution in [3.8, 4) is 0 Å². The molecule has 0 radical (unpaired) electrons. The maximum atomic E-state index is 12.4. The number of hydrogen-bond donors (Lipinski definition) is 18. The molecule has 0 aliphatic carbocycles. The highest BCUT2D eigenvalue weighted by Gasteiger charge is 2.55. The van der Waals surface area contributed by atoms with Crippen molar-refractivity contribution in [1.29, 1.82) is 0 Å². The molecule has 0 saturated carbocycles. The average Bonchev–Trinajstić information content (AvgIpc) is 3.26. The molecule has 24 atom stereocenters. The molecule has 29 nitrogen and oxygen atoms in total. The Balaban J connectivity index is 1.54. The standard InChI is InChI=1S/C36H63N3O26/c1-10(45)37-13(4-40)30(63-35-28(56)27(55)23(51)16(6-42)60-35)21(49)14(48)9-58-33-20(39-12(3)47)26(54)31(18(8-44)62-33)64-36-29(57)32(24(52)17(7-43)61-36)65-34-19(38-11(2)46)25(53)22(50)15(5-41)59-34/h13-36,40-44,48-57H,4-9H2,1-3H3,(H,37,45)(H,38,46)(H,39,47)/t13-,14+,15+,16+,17+,18+,19+,20+,21-,22+,23-,24-,25+,26+,27-,28+,29+,30+,31+,32-,33+,34-,35-,36-/m0/s1. The summed E-state index contributed by atoms with van der Waals surface area (Å²) in [5, 5.41) is 165. The number of nitrogens with one attached hydrogen (secondary N) is 3. The van der Waals surface area contributed by atoms with Crippen molar-refractivity contribution >= 4 is 17.7 Å². The van der Waals surface area contributed by atoms with Gasteiger partial charge < -0.3 is 130 Å². The summed E-state index contributed by atoms with van der Waals surface area (Å²) in [6.07, 6.45) is -38.8. The molecular formula is C36H63N3O26. The number of aliphatic hydroxyl groups excluding tert-OH is 15. The van der Waals surface area contributed by atoms with Gasteiger partial charge in [0.15, 0.2) is 25.2 Å². The second-order valence-electron chi connectivity index (χ2n) is 16.0. The van der Waals surface area contributed by atoms with E-state index in [0.717, 1.165) is 20.8 Å². The van der Waals surface area contributed by atoms with Gasteiger partial charge in [-0.25, -0.2) is 0 Å². The lowest BCUT2D eigenvalue weighted by atomic mass is 9.94. The van der Waals surface area contributed by atoms with E-state index < -0.39 is 204 Å². The van der Waals surface area contributed by atoms with Crippen LogP contribution in [-0.4, -0.2) is 281 Å². The van der Waals surface area contributed by atoms with E-state index in [4.69, 9.17) is 37.9 Å². The van der Waals surface area contributed by atoms with E-state index in [1.165, 1.54) is 0 Å². The molecule has 0 bridgehead atoms. The Morgan fingerprint density at radius 2 is 1.00 bits per heavy atom. The van der Waals surface area contributed by atoms with Crippen LogP contribution in [0.15, 0.2) is 0 Å². The second-order valence-corrected chi connectivity index (χ2v) is 16.0. The first-order valence-corrected chi connectivity index (χ1v) is 20.5. The number of hydrogen-bond acceptors (Lipinski definition) is 26. The molecular weight excluding hydrogens is 890 g/mol. The molecule has 29 heteroatoms. The molecule has 4 aliphatic heterocycles. The first-order valence-electron chi connectivity index (χ1n) is 20.5. The number of rotatable bonds is 20. The van der Waals surface area contributed by atoms with Crippen LogP contribution in [0.3, 0.4) is 0 Å². The maximum Gasteiger partial charge on any atom is 0.217 e. The van der Waals surface area contributed by atoms with E-state index in [1.807, 2.05) is 0 Å². The zero-order valence-electron chi connectivity index (χ0n) is 35.3. The van der Waals surface area contributed by atoms with Gasteiger partial charge in [-0.3, -0.25) is 14.4 Å². The largest absolute Gasteiger partial charge is 0.394 e. The van der Waals surface area contributed by atoms with Crippen LogP contribution in [0.1, 0.15) is 20.8 Å². The Morgan fingerprint density at radius 3 is 1.52 bits per heavy atom. The quantitative estimate of drug-likeness (QED) is 0.0539. The van der Waals surface area contributed by atoms with Crippen LogP contribution in [-0.2, 0) is 52.3 Å². The number of carbonyl (C=O) groups excluding carboxylic acids is 3. The van der Waals surface area contributed by atoms with Crippen LogP contribution in [0.25, 0.3) is 0 Å². The van der Waals surface area contributed by atoms with E-state index in [0.29, 0.717) is 0 Å². The van der Waals surface area contributed by atoms with Crippen molar-refractivity contribution in [2.24, 2.45) is 0 Å². The van der Waals surface area contributed by atoms with Gasteiger partial charge in [0.05, 0.1) is 45.7 Å². The molecule has 0 aromatic carbocycles. The van der Waals surface area contributed by atoms with Gasteiger partial charge in [-0.1, -0.05) is 0 Å². The highest BCUT2D eigenvalue weighted by molar-refractivity contribution is 5.74.